The Morgan fingerprint density at radius 2 is 1.72 bits per heavy atom. The van der Waals surface area contributed by atoms with Gasteiger partial charge in [-0.3, -0.25) is 9.59 Å². The van der Waals surface area contributed by atoms with Crippen molar-refractivity contribution in [3.63, 3.8) is 0 Å². The highest BCUT2D eigenvalue weighted by molar-refractivity contribution is 5.89. The number of hydrogen-bond donors (Lipinski definition) is 3. The summed E-state index contributed by atoms with van der Waals surface area (Å²) >= 11 is 0. The Kier molecular flexibility index (Phi) is 6.77. The standard InChI is InChI=1S/C11H20N2O5/c1-5-18-11(17)13-8(6(2)3)9(14)12-7(4)10(15)16/h6-8H,5H2,1-4H3,(H,12,14)(H,13,17)(H,15,16)/t7-,8-/m0/s1. The molecule has 0 spiro atoms. The van der Waals surface area contributed by atoms with Gasteiger partial charge in [-0.2, -0.15) is 0 Å². The molecule has 7 nitrogen and oxygen atoms in total. The quantitative estimate of drug-likeness (QED) is 0.639. The van der Waals surface area contributed by atoms with E-state index in [1.165, 1.54) is 6.92 Å². The third-order valence-corrected chi connectivity index (χ3v) is 2.23. The Hall–Kier alpha value is -1.79. The summed E-state index contributed by atoms with van der Waals surface area (Å²) in [5, 5.41) is 13.4. The molecule has 0 aromatic carbocycles. The Bertz CT molecular complexity index is 317. The lowest BCUT2D eigenvalue weighted by Crippen LogP contribution is -2.53. The largest absolute Gasteiger partial charge is 0.480 e. The fourth-order valence-electron chi connectivity index (χ4n) is 1.20. The van der Waals surface area contributed by atoms with Crippen LogP contribution in [0.2, 0.25) is 0 Å². The van der Waals surface area contributed by atoms with E-state index < -0.39 is 30.1 Å². The van der Waals surface area contributed by atoms with Crippen LogP contribution in [0.5, 0.6) is 0 Å². The Labute approximate surface area is 106 Å². The van der Waals surface area contributed by atoms with Crippen LogP contribution >= 0.6 is 0 Å². The molecule has 0 bridgehead atoms. The summed E-state index contributed by atoms with van der Waals surface area (Å²) in [4.78, 5) is 33.7. The molecule has 0 aliphatic carbocycles. The fourth-order valence-corrected chi connectivity index (χ4v) is 1.20. The second-order valence-electron chi connectivity index (χ2n) is 4.16. The van der Waals surface area contributed by atoms with E-state index in [0.29, 0.717) is 0 Å². The summed E-state index contributed by atoms with van der Waals surface area (Å²) < 4.78 is 4.68. The van der Waals surface area contributed by atoms with Gasteiger partial charge in [0.2, 0.25) is 5.91 Å². The van der Waals surface area contributed by atoms with E-state index in [4.69, 9.17) is 5.11 Å². The monoisotopic (exact) mass is 260 g/mol. The van der Waals surface area contributed by atoms with Crippen molar-refractivity contribution in [3.05, 3.63) is 0 Å². The lowest BCUT2D eigenvalue weighted by atomic mass is 10.0. The van der Waals surface area contributed by atoms with Gasteiger partial charge in [0.05, 0.1) is 6.61 Å². The van der Waals surface area contributed by atoms with Gasteiger partial charge in [-0.1, -0.05) is 13.8 Å². The van der Waals surface area contributed by atoms with Crippen molar-refractivity contribution < 1.29 is 24.2 Å². The van der Waals surface area contributed by atoms with Gasteiger partial charge in [-0.15, -0.1) is 0 Å². The molecular formula is C11H20N2O5. The van der Waals surface area contributed by atoms with Crippen molar-refractivity contribution in [2.24, 2.45) is 5.92 Å². The molecule has 0 aromatic heterocycles. The van der Waals surface area contributed by atoms with Crippen LogP contribution < -0.4 is 10.6 Å². The predicted octanol–water partition coefficient (Wildman–Crippen LogP) is 0.346. The van der Waals surface area contributed by atoms with Crippen LogP contribution in [0.4, 0.5) is 4.79 Å². The molecule has 0 saturated carbocycles. The number of ether oxygens (including phenoxy) is 1. The Morgan fingerprint density at radius 1 is 1.17 bits per heavy atom. The van der Waals surface area contributed by atoms with E-state index in [2.05, 4.69) is 15.4 Å². The molecule has 0 aromatic rings. The molecule has 0 rings (SSSR count). The van der Waals surface area contributed by atoms with Gasteiger partial charge < -0.3 is 20.5 Å². The van der Waals surface area contributed by atoms with E-state index in [9.17, 15) is 14.4 Å². The molecule has 0 radical (unpaired) electrons. The number of carbonyl (C=O) groups excluding carboxylic acids is 2. The average molecular weight is 260 g/mol. The summed E-state index contributed by atoms with van der Waals surface area (Å²) in [5.41, 5.74) is 0. The Balaban J connectivity index is 4.55. The zero-order valence-electron chi connectivity index (χ0n) is 11.0. The lowest BCUT2D eigenvalue weighted by molar-refractivity contribution is -0.141. The number of hydrogen-bond acceptors (Lipinski definition) is 4. The second kappa shape index (κ2) is 7.52. The van der Waals surface area contributed by atoms with Crippen LogP contribution in [0.15, 0.2) is 0 Å². The number of carboxylic acids is 1. The van der Waals surface area contributed by atoms with Crippen LogP contribution in [0, 0.1) is 5.92 Å². The van der Waals surface area contributed by atoms with Crippen molar-refractivity contribution in [2.45, 2.75) is 39.8 Å². The smallest absolute Gasteiger partial charge is 0.407 e. The second-order valence-corrected chi connectivity index (χ2v) is 4.16. The van der Waals surface area contributed by atoms with Crippen molar-refractivity contribution in [3.8, 4) is 0 Å². The van der Waals surface area contributed by atoms with E-state index in [0.717, 1.165) is 0 Å². The van der Waals surface area contributed by atoms with Crippen molar-refractivity contribution in [2.75, 3.05) is 6.61 Å². The summed E-state index contributed by atoms with van der Waals surface area (Å²) in [6.07, 6.45) is -0.700. The number of aliphatic carboxylic acids is 1. The Morgan fingerprint density at radius 3 is 2.11 bits per heavy atom. The first kappa shape index (κ1) is 16.2. The van der Waals surface area contributed by atoms with E-state index in [-0.39, 0.29) is 12.5 Å². The third kappa shape index (κ3) is 5.51. The third-order valence-electron chi connectivity index (χ3n) is 2.23. The van der Waals surface area contributed by atoms with Gasteiger partial charge in [-0.25, -0.2) is 4.79 Å². The summed E-state index contributed by atoms with van der Waals surface area (Å²) in [6, 6.07) is -1.84. The molecule has 0 aliphatic heterocycles. The van der Waals surface area contributed by atoms with Gasteiger partial charge in [0.25, 0.3) is 0 Å². The summed E-state index contributed by atoms with van der Waals surface area (Å²) in [5.74, 6) is -1.87. The molecule has 2 atom stereocenters. The highest BCUT2D eigenvalue weighted by Crippen LogP contribution is 2.03. The number of nitrogens with one attached hydrogen (secondary N) is 2. The van der Waals surface area contributed by atoms with E-state index >= 15 is 0 Å². The number of carboxylic acid groups (broad SMARTS) is 1. The zero-order valence-corrected chi connectivity index (χ0v) is 11.0. The average Bonchev–Trinajstić information content (AvgIpc) is 2.25. The summed E-state index contributed by atoms with van der Waals surface area (Å²) in [6.45, 7) is 6.67. The molecule has 2 amide bonds. The topological polar surface area (TPSA) is 105 Å². The number of amides is 2. The molecule has 18 heavy (non-hydrogen) atoms. The number of carbonyl (C=O) groups is 3. The first-order valence-electron chi connectivity index (χ1n) is 5.76. The normalized spacial score (nSPS) is 13.6. The SMILES string of the molecule is CCOC(=O)N[C@H](C(=O)N[C@@H](C)C(=O)O)C(C)C. The molecule has 0 aliphatic rings. The van der Waals surface area contributed by atoms with Gasteiger partial charge in [0, 0.05) is 0 Å². The van der Waals surface area contributed by atoms with Crippen LogP contribution in [0.3, 0.4) is 0 Å². The van der Waals surface area contributed by atoms with E-state index in [1.807, 2.05) is 0 Å². The zero-order chi connectivity index (χ0) is 14.3. The highest BCUT2D eigenvalue weighted by Gasteiger charge is 2.27. The van der Waals surface area contributed by atoms with Crippen molar-refractivity contribution >= 4 is 18.0 Å². The maximum absolute atomic E-state index is 11.8. The molecule has 7 heteroatoms. The molecular weight excluding hydrogens is 240 g/mol. The van der Waals surface area contributed by atoms with Crippen molar-refractivity contribution in [1.82, 2.24) is 10.6 Å². The van der Waals surface area contributed by atoms with Crippen LogP contribution in [-0.2, 0) is 14.3 Å². The predicted molar refractivity (Wildman–Crippen MR) is 64.0 cm³/mol. The van der Waals surface area contributed by atoms with Crippen LogP contribution in [0.1, 0.15) is 27.7 Å². The lowest BCUT2D eigenvalue weighted by Gasteiger charge is -2.22. The maximum atomic E-state index is 11.8. The highest BCUT2D eigenvalue weighted by atomic mass is 16.5. The van der Waals surface area contributed by atoms with Gasteiger partial charge in [-0.05, 0) is 19.8 Å². The van der Waals surface area contributed by atoms with E-state index in [1.54, 1.807) is 20.8 Å². The maximum Gasteiger partial charge on any atom is 0.407 e. The molecule has 0 saturated heterocycles. The minimum absolute atomic E-state index is 0.185. The first-order chi connectivity index (χ1) is 8.29. The molecule has 3 N–H and O–H groups in total. The van der Waals surface area contributed by atoms with Gasteiger partial charge in [0.15, 0.2) is 0 Å². The molecule has 0 unspecified atom stereocenters. The number of alkyl carbamates (subject to hydrolysis) is 1. The van der Waals surface area contributed by atoms with Crippen molar-refractivity contribution in [1.29, 1.82) is 0 Å². The first-order valence-corrected chi connectivity index (χ1v) is 5.76. The molecule has 0 fully saturated rings. The molecule has 0 heterocycles. The molecule has 104 valence electrons. The van der Waals surface area contributed by atoms with Crippen LogP contribution in [-0.4, -0.2) is 41.8 Å². The summed E-state index contributed by atoms with van der Waals surface area (Å²) in [7, 11) is 0. The minimum Gasteiger partial charge on any atom is -0.480 e. The van der Waals surface area contributed by atoms with Gasteiger partial charge in [0.1, 0.15) is 12.1 Å². The minimum atomic E-state index is -1.14. The van der Waals surface area contributed by atoms with Crippen LogP contribution in [0.25, 0.3) is 0 Å². The van der Waals surface area contributed by atoms with Gasteiger partial charge >= 0.3 is 12.1 Å². The fraction of sp³-hybridized carbons (Fsp3) is 0.727. The number of rotatable bonds is 6.